The monoisotopic (exact) mass is 245 g/mol. The van der Waals surface area contributed by atoms with Gasteiger partial charge in [0.05, 0.1) is 19.8 Å². The highest BCUT2D eigenvalue weighted by molar-refractivity contribution is 5.75. The number of carbonyl (C=O) groups excluding carboxylic acids is 1. The summed E-state index contributed by atoms with van der Waals surface area (Å²) in [6, 6.07) is -0.244. The van der Waals surface area contributed by atoms with E-state index in [1.54, 1.807) is 0 Å². The number of methoxy groups -OCH3 is 1. The van der Waals surface area contributed by atoms with Crippen molar-refractivity contribution in [2.24, 2.45) is 5.92 Å². The van der Waals surface area contributed by atoms with Gasteiger partial charge in [-0.2, -0.15) is 0 Å². The largest absolute Gasteiger partial charge is 0.468 e. The molecule has 0 spiro atoms. The minimum absolute atomic E-state index is 0.128. The summed E-state index contributed by atoms with van der Waals surface area (Å²) < 4.78 is 15.3. The maximum absolute atomic E-state index is 11.6. The first kappa shape index (κ1) is 14.4. The molecule has 1 fully saturated rings. The molecule has 1 saturated heterocycles. The molecule has 100 valence electrons. The van der Waals surface area contributed by atoms with Crippen LogP contribution in [0.15, 0.2) is 0 Å². The van der Waals surface area contributed by atoms with E-state index < -0.39 is 0 Å². The predicted octanol–water partition coefficient (Wildman–Crippen LogP) is 0.927. The number of hydrogen-bond acceptors (Lipinski definition) is 5. The van der Waals surface area contributed by atoms with Gasteiger partial charge < -0.3 is 19.5 Å². The molecule has 1 aliphatic rings. The average molecular weight is 245 g/mol. The Bertz CT molecular complexity index is 227. The van der Waals surface area contributed by atoms with E-state index >= 15 is 0 Å². The zero-order chi connectivity index (χ0) is 12.7. The summed E-state index contributed by atoms with van der Waals surface area (Å²) >= 11 is 0. The molecule has 1 aliphatic heterocycles. The Morgan fingerprint density at radius 3 is 2.82 bits per heavy atom. The zero-order valence-electron chi connectivity index (χ0n) is 10.9. The van der Waals surface area contributed by atoms with E-state index in [9.17, 15) is 4.79 Å². The van der Waals surface area contributed by atoms with E-state index in [4.69, 9.17) is 14.2 Å². The van der Waals surface area contributed by atoms with Gasteiger partial charge in [0.2, 0.25) is 0 Å². The second-order valence-corrected chi connectivity index (χ2v) is 4.72. The maximum Gasteiger partial charge on any atom is 0.322 e. The molecule has 0 aromatic rings. The number of esters is 1. The van der Waals surface area contributed by atoms with Crippen LogP contribution in [0.1, 0.15) is 26.7 Å². The molecule has 0 saturated carbocycles. The SMILES string of the molecule is COC(=O)C(CC(C)C)NCC1CCOCO1. The molecular weight excluding hydrogens is 222 g/mol. The van der Waals surface area contributed by atoms with Gasteiger partial charge in [0, 0.05) is 6.54 Å². The summed E-state index contributed by atoms with van der Waals surface area (Å²) in [4.78, 5) is 11.6. The van der Waals surface area contributed by atoms with Crippen molar-refractivity contribution in [1.29, 1.82) is 0 Å². The molecule has 0 aliphatic carbocycles. The van der Waals surface area contributed by atoms with Crippen molar-refractivity contribution in [2.75, 3.05) is 27.1 Å². The molecule has 1 heterocycles. The Morgan fingerprint density at radius 1 is 1.53 bits per heavy atom. The molecule has 0 bridgehead atoms. The fraction of sp³-hybridized carbons (Fsp3) is 0.917. The van der Waals surface area contributed by atoms with Crippen LogP contribution in [0.3, 0.4) is 0 Å². The summed E-state index contributed by atoms with van der Waals surface area (Å²) in [5.41, 5.74) is 0. The van der Waals surface area contributed by atoms with Gasteiger partial charge in [-0.1, -0.05) is 13.8 Å². The molecule has 2 unspecified atom stereocenters. The fourth-order valence-corrected chi connectivity index (χ4v) is 1.81. The number of nitrogens with one attached hydrogen (secondary N) is 1. The van der Waals surface area contributed by atoms with Crippen LogP contribution >= 0.6 is 0 Å². The number of carbonyl (C=O) groups is 1. The highest BCUT2D eigenvalue weighted by atomic mass is 16.7. The molecule has 5 nitrogen and oxygen atoms in total. The topological polar surface area (TPSA) is 56.8 Å². The molecule has 0 aromatic carbocycles. The molecule has 1 rings (SSSR count). The van der Waals surface area contributed by atoms with Crippen molar-refractivity contribution < 1.29 is 19.0 Å². The summed E-state index contributed by atoms with van der Waals surface area (Å²) in [7, 11) is 1.42. The normalized spacial score (nSPS) is 22.5. The Kier molecular flexibility index (Phi) is 6.47. The van der Waals surface area contributed by atoms with Crippen LogP contribution in [0.2, 0.25) is 0 Å². The lowest BCUT2D eigenvalue weighted by Gasteiger charge is -2.25. The summed E-state index contributed by atoms with van der Waals surface area (Å²) in [5, 5.41) is 3.22. The van der Waals surface area contributed by atoms with E-state index in [0.29, 0.717) is 19.3 Å². The van der Waals surface area contributed by atoms with E-state index in [1.807, 2.05) is 0 Å². The van der Waals surface area contributed by atoms with Gasteiger partial charge in [-0.25, -0.2) is 0 Å². The first-order valence-corrected chi connectivity index (χ1v) is 6.14. The average Bonchev–Trinajstić information content (AvgIpc) is 2.34. The first-order chi connectivity index (χ1) is 8.13. The summed E-state index contributed by atoms with van der Waals surface area (Å²) in [6.45, 7) is 5.90. The molecule has 1 N–H and O–H groups in total. The lowest BCUT2D eigenvalue weighted by Crippen LogP contribution is -2.44. The molecule has 5 heteroatoms. The molecule has 0 amide bonds. The smallest absolute Gasteiger partial charge is 0.322 e. The van der Waals surface area contributed by atoms with E-state index in [0.717, 1.165) is 19.4 Å². The lowest BCUT2D eigenvalue weighted by molar-refractivity contribution is -0.146. The van der Waals surface area contributed by atoms with Crippen LogP contribution in [0.25, 0.3) is 0 Å². The van der Waals surface area contributed by atoms with Gasteiger partial charge >= 0.3 is 5.97 Å². The van der Waals surface area contributed by atoms with Gasteiger partial charge in [0.25, 0.3) is 0 Å². The third kappa shape index (κ3) is 5.48. The minimum Gasteiger partial charge on any atom is -0.468 e. The highest BCUT2D eigenvalue weighted by Gasteiger charge is 2.22. The number of hydrogen-bond donors (Lipinski definition) is 1. The molecule has 0 radical (unpaired) electrons. The van der Waals surface area contributed by atoms with E-state index in [2.05, 4.69) is 19.2 Å². The Hall–Kier alpha value is -0.650. The van der Waals surface area contributed by atoms with Gasteiger partial charge in [-0.05, 0) is 18.8 Å². The Balaban J connectivity index is 2.34. The highest BCUT2D eigenvalue weighted by Crippen LogP contribution is 2.09. The van der Waals surface area contributed by atoms with Crippen LogP contribution < -0.4 is 5.32 Å². The molecule has 2 atom stereocenters. The third-order valence-corrected chi connectivity index (χ3v) is 2.76. The van der Waals surface area contributed by atoms with Crippen molar-refractivity contribution in [3.05, 3.63) is 0 Å². The first-order valence-electron chi connectivity index (χ1n) is 6.14. The number of ether oxygens (including phenoxy) is 3. The van der Waals surface area contributed by atoms with Crippen molar-refractivity contribution in [3.63, 3.8) is 0 Å². The van der Waals surface area contributed by atoms with Gasteiger partial charge in [0.15, 0.2) is 0 Å². The quantitative estimate of drug-likeness (QED) is 0.705. The van der Waals surface area contributed by atoms with E-state index in [-0.39, 0.29) is 18.1 Å². The molecule has 0 aromatic heterocycles. The van der Waals surface area contributed by atoms with Crippen molar-refractivity contribution in [3.8, 4) is 0 Å². The third-order valence-electron chi connectivity index (χ3n) is 2.76. The summed E-state index contributed by atoms with van der Waals surface area (Å²) in [5.74, 6) is 0.243. The molecule has 17 heavy (non-hydrogen) atoms. The van der Waals surface area contributed by atoms with Gasteiger partial charge in [-0.15, -0.1) is 0 Å². The van der Waals surface area contributed by atoms with Crippen molar-refractivity contribution >= 4 is 5.97 Å². The van der Waals surface area contributed by atoms with E-state index in [1.165, 1.54) is 7.11 Å². The van der Waals surface area contributed by atoms with Gasteiger partial charge in [-0.3, -0.25) is 4.79 Å². The molecular formula is C12H23NO4. The fourth-order valence-electron chi connectivity index (χ4n) is 1.81. The zero-order valence-corrected chi connectivity index (χ0v) is 10.9. The standard InChI is InChI=1S/C12H23NO4/c1-9(2)6-11(12(14)15-3)13-7-10-4-5-16-8-17-10/h9-11,13H,4-8H2,1-3H3. The minimum atomic E-state index is -0.244. The van der Waals surface area contributed by atoms with Gasteiger partial charge in [0.1, 0.15) is 12.8 Å². The lowest BCUT2D eigenvalue weighted by atomic mass is 10.0. The van der Waals surface area contributed by atoms with Crippen LogP contribution in [-0.2, 0) is 19.0 Å². The Morgan fingerprint density at radius 2 is 2.29 bits per heavy atom. The number of rotatable bonds is 6. The van der Waals surface area contributed by atoms with Crippen LogP contribution in [-0.4, -0.2) is 45.2 Å². The predicted molar refractivity (Wildman–Crippen MR) is 63.6 cm³/mol. The Labute approximate surface area is 103 Å². The maximum atomic E-state index is 11.6. The summed E-state index contributed by atoms with van der Waals surface area (Å²) in [6.07, 6.45) is 1.77. The second kappa shape index (κ2) is 7.63. The second-order valence-electron chi connectivity index (χ2n) is 4.72. The van der Waals surface area contributed by atoms with Crippen LogP contribution in [0.4, 0.5) is 0 Å². The van der Waals surface area contributed by atoms with Crippen LogP contribution in [0, 0.1) is 5.92 Å². The van der Waals surface area contributed by atoms with Crippen LogP contribution in [0.5, 0.6) is 0 Å². The van der Waals surface area contributed by atoms with Crippen molar-refractivity contribution in [1.82, 2.24) is 5.32 Å². The van der Waals surface area contributed by atoms with Crippen molar-refractivity contribution in [2.45, 2.75) is 38.8 Å².